The van der Waals surface area contributed by atoms with Crippen LogP contribution >= 0.6 is 35.0 Å². The number of rotatable bonds is 2. The van der Waals surface area contributed by atoms with E-state index in [-0.39, 0.29) is 15.6 Å². The Bertz CT molecular complexity index is 824. The summed E-state index contributed by atoms with van der Waals surface area (Å²) in [7, 11) is 0. The Labute approximate surface area is 133 Å². The van der Waals surface area contributed by atoms with Crippen LogP contribution in [0.2, 0.25) is 10.0 Å². The Morgan fingerprint density at radius 1 is 1.19 bits per heavy atom. The predicted octanol–water partition coefficient (Wildman–Crippen LogP) is 4.25. The van der Waals surface area contributed by atoms with E-state index < -0.39 is 5.82 Å². The minimum absolute atomic E-state index is 0.189. The quantitative estimate of drug-likeness (QED) is 0.652. The van der Waals surface area contributed by atoms with Gasteiger partial charge in [-0.25, -0.2) is 9.37 Å². The highest BCUT2D eigenvalue weighted by molar-refractivity contribution is 7.98. The lowest BCUT2D eigenvalue weighted by atomic mass is 10.1. The van der Waals surface area contributed by atoms with Gasteiger partial charge in [0.2, 0.25) is 5.16 Å². The molecular weight excluding hydrogens is 334 g/mol. The van der Waals surface area contributed by atoms with Crippen LogP contribution < -0.4 is 0 Å². The van der Waals surface area contributed by atoms with Crippen molar-refractivity contribution < 1.29 is 4.39 Å². The van der Waals surface area contributed by atoms with Crippen LogP contribution in [-0.4, -0.2) is 26.4 Å². The van der Waals surface area contributed by atoms with Crippen LogP contribution in [-0.2, 0) is 0 Å². The van der Waals surface area contributed by atoms with Gasteiger partial charge in [-0.1, -0.05) is 41.0 Å². The predicted molar refractivity (Wildman–Crippen MR) is 82.3 cm³/mol. The van der Waals surface area contributed by atoms with Gasteiger partial charge in [-0.3, -0.25) is 0 Å². The van der Waals surface area contributed by atoms with E-state index >= 15 is 0 Å². The fourth-order valence-corrected chi connectivity index (χ4v) is 2.69. The number of thioether (sulfide) groups is 1. The number of halogens is 3. The summed E-state index contributed by atoms with van der Waals surface area (Å²) in [4.78, 5) is 8.37. The van der Waals surface area contributed by atoms with Crippen molar-refractivity contribution in [1.82, 2.24) is 20.2 Å². The molecule has 0 saturated heterocycles. The maximum absolute atomic E-state index is 14.0. The molecule has 8 heteroatoms. The van der Waals surface area contributed by atoms with Gasteiger partial charge in [0.15, 0.2) is 5.65 Å². The van der Waals surface area contributed by atoms with E-state index in [1.807, 2.05) is 6.26 Å². The monoisotopic (exact) mass is 340 g/mol. The average molecular weight is 341 g/mol. The zero-order valence-electron chi connectivity index (χ0n) is 10.6. The molecule has 0 amide bonds. The van der Waals surface area contributed by atoms with Gasteiger partial charge in [-0.15, -0.1) is 10.2 Å². The van der Waals surface area contributed by atoms with Crippen molar-refractivity contribution in [1.29, 1.82) is 0 Å². The van der Waals surface area contributed by atoms with E-state index in [4.69, 9.17) is 23.2 Å². The Morgan fingerprint density at radius 2 is 2.00 bits per heavy atom. The van der Waals surface area contributed by atoms with Crippen LogP contribution in [0.4, 0.5) is 4.39 Å². The Balaban J connectivity index is 2.28. The summed E-state index contributed by atoms with van der Waals surface area (Å²) in [6.07, 6.45) is 3.27. The highest BCUT2D eigenvalue weighted by atomic mass is 35.5. The van der Waals surface area contributed by atoms with Gasteiger partial charge >= 0.3 is 0 Å². The zero-order chi connectivity index (χ0) is 15.0. The number of aromatic nitrogens is 4. The molecular formula is C13H7Cl2FN4S. The molecule has 1 aromatic carbocycles. The lowest BCUT2D eigenvalue weighted by Gasteiger charge is -2.09. The molecule has 0 unspecified atom stereocenters. The molecule has 0 N–H and O–H groups in total. The summed E-state index contributed by atoms with van der Waals surface area (Å²) in [6.45, 7) is 0. The molecule has 2 heterocycles. The van der Waals surface area contributed by atoms with Gasteiger partial charge in [-0.2, -0.15) is 4.98 Å². The molecule has 0 bridgehead atoms. The van der Waals surface area contributed by atoms with Crippen LogP contribution in [0.15, 0.2) is 29.6 Å². The Morgan fingerprint density at radius 3 is 2.71 bits per heavy atom. The smallest absolute Gasteiger partial charge is 0.210 e. The van der Waals surface area contributed by atoms with Crippen molar-refractivity contribution in [3.63, 3.8) is 0 Å². The second kappa shape index (κ2) is 5.71. The minimum atomic E-state index is -0.479. The van der Waals surface area contributed by atoms with Crippen molar-refractivity contribution in [3.8, 4) is 11.1 Å². The number of hydrogen-bond donors (Lipinski definition) is 0. The third-order valence-corrected chi connectivity index (χ3v) is 4.06. The van der Waals surface area contributed by atoms with Crippen LogP contribution in [0.5, 0.6) is 0 Å². The molecule has 0 atom stereocenters. The fourth-order valence-electron chi connectivity index (χ4n) is 1.86. The maximum atomic E-state index is 14.0. The summed E-state index contributed by atoms with van der Waals surface area (Å²) in [5.41, 5.74) is 1.22. The zero-order valence-corrected chi connectivity index (χ0v) is 13.0. The normalized spacial score (nSPS) is 11.0. The topological polar surface area (TPSA) is 51.6 Å². The standard InChI is InChI=1S/C13H7Cl2FN4S/c1-21-13-18-12-11(19-20-13)10(15)6(5-17-12)9-7(14)3-2-4-8(9)16/h2-5H,1H3. The molecule has 0 fully saturated rings. The van der Waals surface area contributed by atoms with Gasteiger partial charge < -0.3 is 0 Å². The molecule has 0 radical (unpaired) electrons. The molecule has 0 spiro atoms. The first-order chi connectivity index (χ1) is 10.1. The molecule has 0 saturated carbocycles. The molecule has 0 aliphatic heterocycles. The minimum Gasteiger partial charge on any atom is -0.234 e. The molecule has 3 aromatic rings. The van der Waals surface area contributed by atoms with Crippen molar-refractivity contribution in [2.24, 2.45) is 0 Å². The third kappa shape index (κ3) is 2.54. The van der Waals surface area contributed by atoms with E-state index in [0.717, 1.165) is 0 Å². The highest BCUT2D eigenvalue weighted by Gasteiger charge is 2.17. The largest absolute Gasteiger partial charge is 0.234 e. The summed E-state index contributed by atoms with van der Waals surface area (Å²) in [6, 6.07) is 4.42. The van der Waals surface area contributed by atoms with E-state index in [1.54, 1.807) is 6.07 Å². The number of benzene rings is 1. The van der Waals surface area contributed by atoms with E-state index in [1.165, 1.54) is 30.1 Å². The van der Waals surface area contributed by atoms with Crippen LogP contribution in [0.3, 0.4) is 0 Å². The van der Waals surface area contributed by atoms with Crippen molar-refractivity contribution in [3.05, 3.63) is 40.3 Å². The van der Waals surface area contributed by atoms with E-state index in [0.29, 0.717) is 21.9 Å². The van der Waals surface area contributed by atoms with Crippen molar-refractivity contribution in [2.45, 2.75) is 5.16 Å². The van der Waals surface area contributed by atoms with Gasteiger partial charge in [0.1, 0.15) is 11.3 Å². The highest BCUT2D eigenvalue weighted by Crippen LogP contribution is 2.37. The lowest BCUT2D eigenvalue weighted by molar-refractivity contribution is 0.631. The summed E-state index contributed by atoms with van der Waals surface area (Å²) in [5, 5.41) is 8.88. The molecule has 3 rings (SSSR count). The second-order valence-electron chi connectivity index (χ2n) is 4.05. The SMILES string of the molecule is CSc1nnc2c(Cl)c(-c3c(F)cccc3Cl)cnc2n1. The van der Waals surface area contributed by atoms with Crippen molar-refractivity contribution >= 4 is 46.1 Å². The average Bonchev–Trinajstić information content (AvgIpc) is 2.49. The van der Waals surface area contributed by atoms with Gasteiger partial charge in [-0.05, 0) is 18.4 Å². The Hall–Kier alpha value is -1.50. The lowest BCUT2D eigenvalue weighted by Crippen LogP contribution is -1.97. The van der Waals surface area contributed by atoms with Gasteiger partial charge in [0, 0.05) is 17.3 Å². The van der Waals surface area contributed by atoms with Crippen LogP contribution in [0, 0.1) is 5.82 Å². The first-order valence-electron chi connectivity index (χ1n) is 5.79. The third-order valence-electron chi connectivity index (χ3n) is 2.82. The molecule has 4 nitrogen and oxygen atoms in total. The number of nitrogens with zero attached hydrogens (tertiary/aromatic N) is 4. The van der Waals surface area contributed by atoms with Gasteiger partial charge in [0.25, 0.3) is 0 Å². The van der Waals surface area contributed by atoms with Gasteiger partial charge in [0.05, 0.1) is 10.0 Å². The Kier molecular flexibility index (Phi) is 3.93. The molecule has 0 aliphatic rings. The number of hydrogen-bond acceptors (Lipinski definition) is 5. The first-order valence-corrected chi connectivity index (χ1v) is 7.77. The molecule has 21 heavy (non-hydrogen) atoms. The van der Waals surface area contributed by atoms with E-state index in [9.17, 15) is 4.39 Å². The molecule has 0 aliphatic carbocycles. The summed E-state index contributed by atoms with van der Waals surface area (Å²) < 4.78 is 14.0. The molecule has 106 valence electrons. The van der Waals surface area contributed by atoms with Crippen molar-refractivity contribution in [2.75, 3.05) is 6.26 Å². The summed E-state index contributed by atoms with van der Waals surface area (Å²) in [5.74, 6) is -0.479. The van der Waals surface area contributed by atoms with E-state index in [2.05, 4.69) is 20.2 Å². The molecule has 2 aromatic heterocycles. The maximum Gasteiger partial charge on any atom is 0.210 e. The fraction of sp³-hybridized carbons (Fsp3) is 0.0769. The first kappa shape index (κ1) is 14.4. The summed E-state index contributed by atoms with van der Waals surface area (Å²) >= 11 is 13.7. The number of fused-ring (bicyclic) bond motifs is 1. The van der Waals surface area contributed by atoms with Crippen LogP contribution in [0.1, 0.15) is 0 Å². The number of pyridine rings is 1. The second-order valence-corrected chi connectivity index (χ2v) is 5.61. The van der Waals surface area contributed by atoms with Crippen LogP contribution in [0.25, 0.3) is 22.3 Å².